The number of hydrogen-bond donors (Lipinski definition) is 2. The zero-order valence-electron chi connectivity index (χ0n) is 21.7. The number of aromatic hydroxyl groups is 1. The fourth-order valence-corrected chi connectivity index (χ4v) is 5.55. The van der Waals surface area contributed by atoms with E-state index in [1.54, 1.807) is 6.07 Å². The summed E-state index contributed by atoms with van der Waals surface area (Å²) in [4.78, 5) is 41.8. The van der Waals surface area contributed by atoms with E-state index in [4.69, 9.17) is 0 Å². The summed E-state index contributed by atoms with van der Waals surface area (Å²) >= 11 is 0. The quantitative estimate of drug-likeness (QED) is 0.516. The number of phenolic OH excluding ortho intramolecular Hbond substituents is 1. The summed E-state index contributed by atoms with van der Waals surface area (Å²) in [5, 5.41) is 12.9. The van der Waals surface area contributed by atoms with Gasteiger partial charge in [0.1, 0.15) is 12.2 Å². The Morgan fingerprint density at radius 2 is 1.91 bits per heavy atom. The van der Waals surface area contributed by atoms with E-state index in [1.807, 2.05) is 19.1 Å². The molecule has 7 nitrogen and oxygen atoms in total. The summed E-state index contributed by atoms with van der Waals surface area (Å²) in [5.41, 5.74) is 1.10. The third-order valence-corrected chi connectivity index (χ3v) is 8.06. The maximum atomic E-state index is 13.0. The van der Waals surface area contributed by atoms with Crippen molar-refractivity contribution in [3.05, 3.63) is 29.8 Å². The average Bonchev–Trinajstić information content (AvgIpc) is 2.82. The molecule has 1 saturated carbocycles. The summed E-state index contributed by atoms with van der Waals surface area (Å²) in [5.74, 6) is -0.238. The summed E-state index contributed by atoms with van der Waals surface area (Å²) < 4.78 is 0. The number of phenols is 1. The van der Waals surface area contributed by atoms with Gasteiger partial charge in [0.25, 0.3) is 0 Å². The zero-order valence-corrected chi connectivity index (χ0v) is 21.7. The molecular formula is C28H43N3O4. The Balaban J connectivity index is 1.56. The number of rotatable bonds is 9. The standard InChI is InChI=1S/C28H43N3O4/c1-4-9-26(34)31(27(35)19-25(33)29-23-11-6-5-7-12-23)17-16-30-15-14-28(3,21(2)20-30)22-10-8-13-24(32)18-22/h8,10,13,18,21,23,32H,4-7,9,11-12,14-17,19-20H2,1-3H3,(H,29,33)/t21-,28-/m0/s1. The second-order valence-corrected chi connectivity index (χ2v) is 10.7. The van der Waals surface area contributed by atoms with Crippen LogP contribution < -0.4 is 5.32 Å². The smallest absolute Gasteiger partial charge is 0.238 e. The van der Waals surface area contributed by atoms with E-state index in [0.29, 0.717) is 31.8 Å². The molecule has 0 unspecified atom stereocenters. The summed E-state index contributed by atoms with van der Waals surface area (Å²) in [6.45, 7) is 8.99. The predicted octanol–water partition coefficient (Wildman–Crippen LogP) is 3.99. The van der Waals surface area contributed by atoms with E-state index in [0.717, 1.165) is 50.8 Å². The monoisotopic (exact) mass is 485 g/mol. The van der Waals surface area contributed by atoms with Crippen LogP contribution in [0.3, 0.4) is 0 Å². The number of amides is 3. The van der Waals surface area contributed by atoms with Gasteiger partial charge in [0.2, 0.25) is 17.7 Å². The fourth-order valence-electron chi connectivity index (χ4n) is 5.55. The zero-order chi connectivity index (χ0) is 25.4. The van der Waals surface area contributed by atoms with Gasteiger partial charge in [-0.15, -0.1) is 0 Å². The number of nitrogens with zero attached hydrogens (tertiary/aromatic N) is 2. The van der Waals surface area contributed by atoms with Crippen molar-refractivity contribution in [2.75, 3.05) is 26.2 Å². The van der Waals surface area contributed by atoms with Gasteiger partial charge in [0.15, 0.2) is 0 Å². The van der Waals surface area contributed by atoms with Gasteiger partial charge < -0.3 is 15.3 Å². The van der Waals surface area contributed by atoms with Crippen molar-refractivity contribution in [2.45, 2.75) is 90.0 Å². The van der Waals surface area contributed by atoms with Crippen LogP contribution in [0.15, 0.2) is 24.3 Å². The molecule has 2 aliphatic rings. The van der Waals surface area contributed by atoms with Crippen LogP contribution in [0.2, 0.25) is 0 Å². The van der Waals surface area contributed by atoms with Gasteiger partial charge in [-0.05, 0) is 61.3 Å². The lowest BCUT2D eigenvalue weighted by Gasteiger charge is -2.45. The van der Waals surface area contributed by atoms with E-state index in [-0.39, 0.29) is 35.4 Å². The van der Waals surface area contributed by atoms with Crippen LogP contribution >= 0.6 is 0 Å². The van der Waals surface area contributed by atoms with Crippen molar-refractivity contribution in [1.29, 1.82) is 0 Å². The topological polar surface area (TPSA) is 90.0 Å². The summed E-state index contributed by atoms with van der Waals surface area (Å²) in [6.07, 6.45) is 6.99. The first-order valence-corrected chi connectivity index (χ1v) is 13.4. The number of hydrogen-bond acceptors (Lipinski definition) is 5. The molecule has 35 heavy (non-hydrogen) atoms. The van der Waals surface area contributed by atoms with E-state index in [2.05, 4.69) is 30.1 Å². The second-order valence-electron chi connectivity index (χ2n) is 10.7. The molecule has 2 N–H and O–H groups in total. The number of carbonyl (C=O) groups is 3. The van der Waals surface area contributed by atoms with Crippen molar-refractivity contribution in [1.82, 2.24) is 15.1 Å². The minimum atomic E-state index is -0.397. The summed E-state index contributed by atoms with van der Waals surface area (Å²) in [7, 11) is 0. The molecule has 0 aromatic heterocycles. The first-order chi connectivity index (χ1) is 16.7. The molecule has 1 heterocycles. The molecular weight excluding hydrogens is 442 g/mol. The van der Waals surface area contributed by atoms with Gasteiger partial charge in [-0.25, -0.2) is 0 Å². The van der Waals surface area contributed by atoms with E-state index >= 15 is 0 Å². The number of piperidine rings is 1. The van der Waals surface area contributed by atoms with Crippen molar-refractivity contribution >= 4 is 17.7 Å². The van der Waals surface area contributed by atoms with Gasteiger partial charge in [0.05, 0.1) is 0 Å². The van der Waals surface area contributed by atoms with Gasteiger partial charge in [-0.1, -0.05) is 52.2 Å². The lowest BCUT2D eigenvalue weighted by atomic mass is 9.68. The van der Waals surface area contributed by atoms with Crippen LogP contribution in [0.4, 0.5) is 0 Å². The molecule has 1 aliphatic carbocycles. The number of nitrogens with one attached hydrogen (secondary N) is 1. The van der Waals surface area contributed by atoms with Gasteiger partial charge in [-0.3, -0.25) is 19.3 Å². The first kappa shape index (κ1) is 27.2. The Labute approximate surface area is 210 Å². The first-order valence-electron chi connectivity index (χ1n) is 13.4. The molecule has 2 atom stereocenters. The van der Waals surface area contributed by atoms with Crippen molar-refractivity contribution in [3.63, 3.8) is 0 Å². The van der Waals surface area contributed by atoms with Crippen LogP contribution in [0.25, 0.3) is 0 Å². The molecule has 1 aliphatic heterocycles. The maximum absolute atomic E-state index is 13.0. The minimum Gasteiger partial charge on any atom is -0.508 e. The number of carbonyl (C=O) groups excluding carboxylic acids is 3. The lowest BCUT2D eigenvalue weighted by molar-refractivity contribution is -0.146. The normalized spacial score (nSPS) is 23.6. The Morgan fingerprint density at radius 1 is 1.17 bits per heavy atom. The number of imide groups is 1. The molecule has 0 radical (unpaired) electrons. The molecule has 3 rings (SSSR count). The third-order valence-electron chi connectivity index (χ3n) is 8.06. The SMILES string of the molecule is CCCC(=O)N(CCN1CC[C@](C)(c2cccc(O)c2)[C@@H](C)C1)C(=O)CC(=O)NC1CCCCC1. The van der Waals surface area contributed by atoms with E-state index in [1.165, 1.54) is 11.3 Å². The van der Waals surface area contributed by atoms with Crippen LogP contribution in [-0.2, 0) is 19.8 Å². The second kappa shape index (κ2) is 12.5. The average molecular weight is 486 g/mol. The van der Waals surface area contributed by atoms with Gasteiger partial charge in [0, 0.05) is 32.1 Å². The highest BCUT2D eigenvalue weighted by molar-refractivity contribution is 6.04. The van der Waals surface area contributed by atoms with Crippen LogP contribution in [0.5, 0.6) is 5.75 Å². The molecule has 1 saturated heterocycles. The van der Waals surface area contributed by atoms with Crippen LogP contribution in [0.1, 0.15) is 84.1 Å². The van der Waals surface area contributed by atoms with Crippen LogP contribution in [-0.4, -0.2) is 64.8 Å². The molecule has 0 bridgehead atoms. The molecule has 194 valence electrons. The molecule has 7 heteroatoms. The molecule has 3 amide bonds. The van der Waals surface area contributed by atoms with Gasteiger partial charge in [-0.2, -0.15) is 0 Å². The Kier molecular flexibility index (Phi) is 9.72. The summed E-state index contributed by atoms with van der Waals surface area (Å²) in [6, 6.07) is 7.67. The fraction of sp³-hybridized carbons (Fsp3) is 0.679. The van der Waals surface area contributed by atoms with Crippen molar-refractivity contribution < 1.29 is 19.5 Å². The highest BCUT2D eigenvalue weighted by Crippen LogP contribution is 2.40. The molecule has 1 aromatic rings. The highest BCUT2D eigenvalue weighted by atomic mass is 16.3. The van der Waals surface area contributed by atoms with E-state index in [9.17, 15) is 19.5 Å². The highest BCUT2D eigenvalue weighted by Gasteiger charge is 2.38. The Bertz CT molecular complexity index is 883. The number of benzene rings is 1. The predicted molar refractivity (Wildman–Crippen MR) is 137 cm³/mol. The largest absolute Gasteiger partial charge is 0.508 e. The number of likely N-dealkylation sites (tertiary alicyclic amines) is 1. The minimum absolute atomic E-state index is 0.0417. The Morgan fingerprint density at radius 3 is 2.57 bits per heavy atom. The molecule has 0 spiro atoms. The third kappa shape index (κ3) is 7.29. The van der Waals surface area contributed by atoms with Gasteiger partial charge >= 0.3 is 0 Å². The molecule has 2 fully saturated rings. The van der Waals surface area contributed by atoms with E-state index < -0.39 is 5.91 Å². The molecule has 1 aromatic carbocycles. The van der Waals surface area contributed by atoms with Crippen LogP contribution in [0, 0.1) is 5.92 Å². The van der Waals surface area contributed by atoms with Crippen molar-refractivity contribution in [3.8, 4) is 5.75 Å². The Hall–Kier alpha value is -2.41. The maximum Gasteiger partial charge on any atom is 0.238 e. The van der Waals surface area contributed by atoms with Crippen molar-refractivity contribution in [2.24, 2.45) is 5.92 Å². The lowest BCUT2D eigenvalue weighted by Crippen LogP contribution is -2.50.